The number of aliphatic hydroxyl groups is 4. The Hall–Kier alpha value is -2.76. The lowest BCUT2D eigenvalue weighted by Gasteiger charge is -2.17. The van der Waals surface area contributed by atoms with Gasteiger partial charge in [0.15, 0.2) is 5.78 Å². The van der Waals surface area contributed by atoms with E-state index in [9.17, 15) is 30.0 Å². The number of rotatable bonds is 7. The molecular weight excluding hydrogens is 432 g/mol. The predicted molar refractivity (Wildman–Crippen MR) is 122 cm³/mol. The molecule has 2 rings (SSSR count). The predicted octanol–water partition coefficient (Wildman–Crippen LogP) is -0.0537. The molecule has 10 nitrogen and oxygen atoms in total. The molecule has 4 atom stereocenters. The number of cyclic esters (lactones) is 1. The largest absolute Gasteiger partial charge is 0.507 e. The Kier molecular flexibility index (Phi) is 10.5. The summed E-state index contributed by atoms with van der Waals surface area (Å²) in [6.07, 6.45) is 1.41. The number of hydrogen-bond donors (Lipinski definition) is 7. The first-order chi connectivity index (χ1) is 15.7. The highest BCUT2D eigenvalue weighted by atomic mass is 16.5. The van der Waals surface area contributed by atoms with Gasteiger partial charge in [0.05, 0.1) is 18.8 Å². The minimum Gasteiger partial charge on any atom is -0.507 e. The lowest BCUT2D eigenvalue weighted by Crippen LogP contribution is -2.32. The second kappa shape index (κ2) is 13.1. The number of benzene rings is 1. The summed E-state index contributed by atoms with van der Waals surface area (Å²) in [5.74, 6) is -1.67. The molecule has 33 heavy (non-hydrogen) atoms. The fourth-order valence-corrected chi connectivity index (χ4v) is 3.15. The molecule has 0 fully saturated rings. The van der Waals surface area contributed by atoms with E-state index >= 15 is 0 Å². The Balaban J connectivity index is 2.23. The number of phenols is 1. The van der Waals surface area contributed by atoms with Gasteiger partial charge in [-0.2, -0.15) is 0 Å². The van der Waals surface area contributed by atoms with Crippen molar-refractivity contribution in [3.63, 3.8) is 0 Å². The highest BCUT2D eigenvalue weighted by molar-refractivity contribution is 5.97. The number of carbonyl (C=O) groups excluding carboxylic acids is 2. The van der Waals surface area contributed by atoms with Gasteiger partial charge in [0.1, 0.15) is 23.5 Å². The fraction of sp³-hybridized carbons (Fsp3) is 0.478. The monoisotopic (exact) mass is 464 g/mol. The molecule has 1 aromatic rings. The highest BCUT2D eigenvalue weighted by Gasteiger charge is 2.23. The first-order valence-electron chi connectivity index (χ1n) is 10.8. The number of aliphatic hydroxyl groups excluding tert-OH is 4. The summed E-state index contributed by atoms with van der Waals surface area (Å²) in [6.45, 7) is 2.42. The van der Waals surface area contributed by atoms with Crippen LogP contribution >= 0.6 is 0 Å². The minimum absolute atomic E-state index is 0.0417. The fourth-order valence-electron chi connectivity index (χ4n) is 3.15. The van der Waals surface area contributed by atoms with Crippen LogP contribution in [0, 0.1) is 0 Å². The summed E-state index contributed by atoms with van der Waals surface area (Å²) in [4.78, 5) is 24.7. The molecule has 0 amide bonds. The molecule has 1 heterocycles. The zero-order chi connectivity index (χ0) is 24.4. The normalized spacial score (nSPS) is 24.8. The zero-order valence-electron chi connectivity index (χ0n) is 18.5. The average molecular weight is 465 g/mol. The van der Waals surface area contributed by atoms with Gasteiger partial charge in [-0.15, -0.1) is 0 Å². The zero-order valence-corrected chi connectivity index (χ0v) is 18.5. The average Bonchev–Trinajstić information content (AvgIpc) is 2.76. The van der Waals surface area contributed by atoms with E-state index in [1.165, 1.54) is 24.3 Å². The summed E-state index contributed by atoms with van der Waals surface area (Å²) in [7, 11) is 0. The van der Waals surface area contributed by atoms with Crippen molar-refractivity contribution in [2.75, 3.05) is 31.6 Å². The van der Waals surface area contributed by atoms with Crippen LogP contribution in [0.5, 0.6) is 5.75 Å². The summed E-state index contributed by atoms with van der Waals surface area (Å²) in [6, 6.07) is 3.02. The number of ketones is 1. The van der Waals surface area contributed by atoms with Crippen molar-refractivity contribution in [3.05, 3.63) is 41.5 Å². The lowest BCUT2D eigenvalue weighted by atomic mass is 10.0. The van der Waals surface area contributed by atoms with Gasteiger partial charge in [0.2, 0.25) is 0 Å². The summed E-state index contributed by atoms with van der Waals surface area (Å²) >= 11 is 0. The number of aromatic hydroxyl groups is 1. The first-order valence-corrected chi connectivity index (χ1v) is 10.8. The molecule has 10 heteroatoms. The maximum absolute atomic E-state index is 12.7. The Labute approximate surface area is 192 Å². The molecule has 7 N–H and O–H groups in total. The smallest absolute Gasteiger partial charge is 0.342 e. The minimum atomic E-state index is -1.58. The molecule has 0 spiro atoms. The molecule has 0 saturated carbocycles. The number of hydrogen-bond acceptors (Lipinski definition) is 10. The number of anilines is 1. The molecule has 1 aliphatic rings. The second-order valence-electron chi connectivity index (χ2n) is 7.83. The van der Waals surface area contributed by atoms with E-state index in [1.807, 2.05) is 0 Å². The van der Waals surface area contributed by atoms with Crippen molar-refractivity contribution in [2.45, 2.75) is 44.2 Å². The summed E-state index contributed by atoms with van der Waals surface area (Å²) in [5.41, 5.74) is 0.806. The van der Waals surface area contributed by atoms with Crippen molar-refractivity contribution in [1.82, 2.24) is 5.32 Å². The highest BCUT2D eigenvalue weighted by Crippen LogP contribution is 2.29. The van der Waals surface area contributed by atoms with Crippen LogP contribution in [0.2, 0.25) is 0 Å². The van der Waals surface area contributed by atoms with Crippen molar-refractivity contribution in [2.24, 2.45) is 0 Å². The standard InChI is InChI=1S/C23H32N2O8/c1-14-4-2-6-18(28)22(31)19(29)7-3-5-15-10-16(11-20(30)21(15)23(32)33-14)25-9-8-24-12-17(27)13-26/h2-3,5-6,10-11,14,17,19,22,24-27,29-31H,4,7-9,12-13H2,1H3/b5-3+,6-2-. The second-order valence-corrected chi connectivity index (χ2v) is 7.83. The third kappa shape index (κ3) is 8.26. The number of fused-ring (bicyclic) bond motifs is 1. The van der Waals surface area contributed by atoms with Crippen molar-refractivity contribution in [3.8, 4) is 5.75 Å². The number of nitrogens with one attached hydrogen (secondary N) is 2. The van der Waals surface area contributed by atoms with Crippen LogP contribution in [0.25, 0.3) is 6.08 Å². The van der Waals surface area contributed by atoms with Crippen LogP contribution in [0.15, 0.2) is 30.4 Å². The van der Waals surface area contributed by atoms with Crippen molar-refractivity contribution in [1.29, 1.82) is 0 Å². The number of ether oxygens (including phenoxy) is 1. The third-order valence-corrected chi connectivity index (χ3v) is 4.96. The maximum atomic E-state index is 12.7. The summed E-state index contributed by atoms with van der Waals surface area (Å²) in [5, 5.41) is 54.8. The summed E-state index contributed by atoms with van der Waals surface area (Å²) < 4.78 is 5.39. The topological polar surface area (TPSA) is 169 Å². The molecular formula is C23H32N2O8. The molecule has 4 unspecified atom stereocenters. The van der Waals surface area contributed by atoms with Crippen LogP contribution < -0.4 is 10.6 Å². The van der Waals surface area contributed by atoms with Crippen LogP contribution in [-0.4, -0.2) is 87.9 Å². The van der Waals surface area contributed by atoms with Gasteiger partial charge in [-0.05, 0) is 31.1 Å². The quantitative estimate of drug-likeness (QED) is 0.214. The van der Waals surface area contributed by atoms with Gasteiger partial charge >= 0.3 is 5.97 Å². The van der Waals surface area contributed by atoms with Gasteiger partial charge < -0.3 is 40.9 Å². The molecule has 0 saturated heterocycles. The molecule has 0 radical (unpaired) electrons. The number of phenolic OH excluding ortho intramolecular Hbond substituents is 1. The molecule has 0 aliphatic carbocycles. The van der Waals surface area contributed by atoms with Crippen LogP contribution in [0.3, 0.4) is 0 Å². The lowest BCUT2D eigenvalue weighted by molar-refractivity contribution is -0.127. The maximum Gasteiger partial charge on any atom is 0.342 e. The van der Waals surface area contributed by atoms with Gasteiger partial charge in [-0.1, -0.05) is 18.2 Å². The van der Waals surface area contributed by atoms with E-state index in [4.69, 9.17) is 9.84 Å². The first kappa shape index (κ1) is 26.5. The van der Waals surface area contributed by atoms with E-state index in [1.54, 1.807) is 13.0 Å². The Bertz CT molecular complexity index is 870. The van der Waals surface area contributed by atoms with Gasteiger partial charge in [-0.3, -0.25) is 4.79 Å². The SMILES string of the molecule is CC1C/C=C\C(=O)C(O)C(O)C/C=C/c2cc(NCCNCC(O)CO)cc(O)c2C(=O)O1. The van der Waals surface area contributed by atoms with Crippen molar-refractivity contribution >= 4 is 23.5 Å². The molecule has 0 bridgehead atoms. The van der Waals surface area contributed by atoms with Gasteiger partial charge in [0.25, 0.3) is 0 Å². The number of carbonyl (C=O) groups is 2. The molecule has 0 aromatic heterocycles. The number of esters is 1. The van der Waals surface area contributed by atoms with Crippen molar-refractivity contribution < 1.29 is 39.9 Å². The van der Waals surface area contributed by atoms with E-state index in [0.29, 0.717) is 24.3 Å². The van der Waals surface area contributed by atoms with E-state index in [-0.39, 0.29) is 37.3 Å². The van der Waals surface area contributed by atoms with E-state index in [2.05, 4.69) is 10.6 Å². The Morgan fingerprint density at radius 2 is 1.85 bits per heavy atom. The van der Waals surface area contributed by atoms with E-state index in [0.717, 1.165) is 6.08 Å². The van der Waals surface area contributed by atoms with Gasteiger partial charge in [-0.25, -0.2) is 4.79 Å². The van der Waals surface area contributed by atoms with E-state index < -0.39 is 36.2 Å². The Morgan fingerprint density at radius 3 is 2.58 bits per heavy atom. The van der Waals surface area contributed by atoms with Gasteiger partial charge in [0, 0.05) is 37.8 Å². The molecule has 182 valence electrons. The molecule has 1 aliphatic heterocycles. The Morgan fingerprint density at radius 1 is 1.12 bits per heavy atom. The van der Waals surface area contributed by atoms with Crippen LogP contribution in [0.1, 0.15) is 35.7 Å². The van der Waals surface area contributed by atoms with Crippen LogP contribution in [0.4, 0.5) is 5.69 Å². The third-order valence-electron chi connectivity index (χ3n) is 4.96. The molecule has 1 aromatic carbocycles. The van der Waals surface area contributed by atoms with Crippen LogP contribution in [-0.2, 0) is 9.53 Å².